The molecule has 6 nitrogen and oxygen atoms in total. The smallest absolute Gasteiger partial charge is 0.150 e. The minimum atomic E-state index is -3.06. The maximum absolute atomic E-state index is 11.8. The van der Waals surface area contributed by atoms with Crippen LogP contribution in [-0.2, 0) is 21.0 Å². The van der Waals surface area contributed by atoms with Crippen LogP contribution >= 0.6 is 0 Å². The van der Waals surface area contributed by atoms with E-state index in [1.54, 1.807) is 19.2 Å². The van der Waals surface area contributed by atoms with E-state index in [0.717, 1.165) is 11.0 Å². The molecule has 110 valence electrons. The summed E-state index contributed by atoms with van der Waals surface area (Å²) >= 11 is 0. The summed E-state index contributed by atoms with van der Waals surface area (Å²) in [5.41, 5.74) is 7.97. The van der Waals surface area contributed by atoms with E-state index in [0.29, 0.717) is 31.0 Å². The first-order valence-electron chi connectivity index (χ1n) is 6.44. The van der Waals surface area contributed by atoms with E-state index in [9.17, 15) is 8.42 Å². The monoisotopic (exact) mass is 297 g/mol. The van der Waals surface area contributed by atoms with Gasteiger partial charge in [0.15, 0.2) is 9.84 Å². The van der Waals surface area contributed by atoms with E-state index in [1.807, 2.05) is 6.07 Å². The lowest BCUT2D eigenvalue weighted by Gasteiger charge is -2.02. The topological polar surface area (TPSA) is 98.1 Å². The van der Waals surface area contributed by atoms with E-state index >= 15 is 0 Å². The van der Waals surface area contributed by atoms with E-state index in [1.165, 1.54) is 0 Å². The minimum absolute atomic E-state index is 0.0893. The Morgan fingerprint density at radius 1 is 1.35 bits per heavy atom. The molecule has 0 aliphatic rings. The minimum Gasteiger partial charge on any atom is -0.399 e. The summed E-state index contributed by atoms with van der Waals surface area (Å²) < 4.78 is 28.5. The molecular weight excluding hydrogens is 278 g/mol. The molecule has 3 N–H and O–H groups in total. The standard InChI is InChI=1S/C13H19N3O3S/c1-19-6-2-7-20(17,18)8-5-13-15-11-4-3-10(14)9-12(11)16-13/h3-4,9H,2,5-8,14H2,1H3,(H,15,16). The number of nitrogen functional groups attached to an aromatic ring is 1. The molecule has 1 aromatic heterocycles. The van der Waals surface area contributed by atoms with Gasteiger partial charge in [0.2, 0.25) is 0 Å². The number of aromatic nitrogens is 2. The Bertz CT molecular complexity index is 679. The summed E-state index contributed by atoms with van der Waals surface area (Å²) in [6.45, 7) is 0.461. The Kier molecular flexibility index (Phi) is 4.61. The van der Waals surface area contributed by atoms with Crippen LogP contribution in [0.4, 0.5) is 5.69 Å². The van der Waals surface area contributed by atoms with Gasteiger partial charge in [-0.2, -0.15) is 0 Å². The van der Waals surface area contributed by atoms with Gasteiger partial charge < -0.3 is 15.5 Å². The molecule has 0 atom stereocenters. The van der Waals surface area contributed by atoms with Crippen molar-refractivity contribution in [2.24, 2.45) is 0 Å². The summed E-state index contributed by atoms with van der Waals surface area (Å²) in [5.74, 6) is 0.904. The van der Waals surface area contributed by atoms with E-state index in [4.69, 9.17) is 10.5 Å². The predicted molar refractivity (Wildman–Crippen MR) is 79.4 cm³/mol. The zero-order valence-corrected chi connectivity index (χ0v) is 12.2. The first kappa shape index (κ1) is 14.8. The van der Waals surface area contributed by atoms with Crippen molar-refractivity contribution in [1.29, 1.82) is 0 Å². The second kappa shape index (κ2) is 6.23. The van der Waals surface area contributed by atoms with Gasteiger partial charge in [-0.15, -0.1) is 0 Å². The first-order valence-corrected chi connectivity index (χ1v) is 8.26. The number of benzene rings is 1. The molecule has 0 aliphatic heterocycles. The average Bonchev–Trinajstić information content (AvgIpc) is 2.79. The molecule has 0 radical (unpaired) electrons. The van der Waals surface area contributed by atoms with Crippen molar-refractivity contribution in [3.8, 4) is 0 Å². The summed E-state index contributed by atoms with van der Waals surface area (Å²) in [6, 6.07) is 5.38. The fourth-order valence-electron chi connectivity index (χ4n) is 1.98. The lowest BCUT2D eigenvalue weighted by atomic mass is 10.3. The molecule has 1 aromatic carbocycles. The molecule has 1 heterocycles. The Morgan fingerprint density at radius 2 is 2.15 bits per heavy atom. The Balaban J connectivity index is 1.98. The second-order valence-electron chi connectivity index (χ2n) is 4.71. The van der Waals surface area contributed by atoms with E-state index in [-0.39, 0.29) is 11.5 Å². The number of hydrogen-bond acceptors (Lipinski definition) is 5. The van der Waals surface area contributed by atoms with Gasteiger partial charge in [0.25, 0.3) is 0 Å². The van der Waals surface area contributed by atoms with Crippen molar-refractivity contribution in [1.82, 2.24) is 9.97 Å². The molecule has 0 saturated carbocycles. The van der Waals surface area contributed by atoms with Gasteiger partial charge in [0.05, 0.1) is 22.5 Å². The number of nitrogens with zero attached hydrogens (tertiary/aromatic N) is 1. The number of methoxy groups -OCH3 is 1. The maximum Gasteiger partial charge on any atom is 0.150 e. The van der Waals surface area contributed by atoms with Crippen molar-refractivity contribution in [3.63, 3.8) is 0 Å². The number of H-pyrrole nitrogens is 1. The van der Waals surface area contributed by atoms with Gasteiger partial charge in [0, 0.05) is 25.8 Å². The lowest BCUT2D eigenvalue weighted by Crippen LogP contribution is -2.14. The highest BCUT2D eigenvalue weighted by molar-refractivity contribution is 7.91. The van der Waals surface area contributed by atoms with Crippen molar-refractivity contribution < 1.29 is 13.2 Å². The van der Waals surface area contributed by atoms with Crippen LogP contribution in [0, 0.1) is 0 Å². The summed E-state index contributed by atoms with van der Waals surface area (Å²) in [4.78, 5) is 7.45. The van der Waals surface area contributed by atoms with E-state index in [2.05, 4.69) is 9.97 Å². The molecule has 0 spiro atoms. The van der Waals surface area contributed by atoms with Crippen molar-refractivity contribution in [2.45, 2.75) is 12.8 Å². The highest BCUT2D eigenvalue weighted by Crippen LogP contribution is 2.15. The number of nitrogens with one attached hydrogen (secondary N) is 1. The van der Waals surface area contributed by atoms with Gasteiger partial charge >= 0.3 is 0 Å². The van der Waals surface area contributed by atoms with Crippen LogP contribution in [0.2, 0.25) is 0 Å². The molecule has 2 aromatic rings. The zero-order chi connectivity index (χ0) is 14.6. The van der Waals surface area contributed by atoms with Crippen LogP contribution in [0.15, 0.2) is 18.2 Å². The third kappa shape index (κ3) is 3.94. The third-order valence-corrected chi connectivity index (χ3v) is 4.75. The summed E-state index contributed by atoms with van der Waals surface area (Å²) in [6.07, 6.45) is 0.902. The summed E-state index contributed by atoms with van der Waals surface area (Å²) in [7, 11) is -1.50. The number of anilines is 1. The van der Waals surface area contributed by atoms with Crippen LogP contribution in [-0.4, -0.2) is 43.6 Å². The molecule has 0 amide bonds. The fourth-order valence-corrected chi connectivity index (χ4v) is 3.24. The normalized spacial score (nSPS) is 12.1. The number of nitrogens with two attached hydrogens (primary N) is 1. The molecule has 7 heteroatoms. The molecule has 0 bridgehead atoms. The molecular formula is C13H19N3O3S. The maximum atomic E-state index is 11.8. The van der Waals surface area contributed by atoms with Crippen LogP contribution < -0.4 is 5.73 Å². The van der Waals surface area contributed by atoms with Crippen LogP contribution in [0.25, 0.3) is 11.0 Å². The average molecular weight is 297 g/mol. The summed E-state index contributed by atoms with van der Waals surface area (Å²) in [5, 5.41) is 0. The second-order valence-corrected chi connectivity index (χ2v) is 7.01. The molecule has 0 fully saturated rings. The van der Waals surface area contributed by atoms with Gasteiger partial charge in [-0.05, 0) is 24.6 Å². The molecule has 0 saturated heterocycles. The molecule has 0 aliphatic carbocycles. The Labute approximate surface area is 118 Å². The number of aryl methyl sites for hydroxylation is 1. The number of ether oxygens (including phenoxy) is 1. The number of fused-ring (bicyclic) bond motifs is 1. The SMILES string of the molecule is COCCCS(=O)(=O)CCc1nc2ccc(N)cc2[nH]1. The number of imidazole rings is 1. The van der Waals surface area contributed by atoms with E-state index < -0.39 is 9.84 Å². The number of rotatable bonds is 7. The van der Waals surface area contributed by atoms with Gasteiger partial charge in [0.1, 0.15) is 5.82 Å². The van der Waals surface area contributed by atoms with Gasteiger partial charge in [-0.1, -0.05) is 0 Å². The van der Waals surface area contributed by atoms with Gasteiger partial charge in [-0.25, -0.2) is 13.4 Å². The number of hydrogen-bond donors (Lipinski definition) is 2. The van der Waals surface area contributed by atoms with Gasteiger partial charge in [-0.3, -0.25) is 0 Å². The zero-order valence-electron chi connectivity index (χ0n) is 11.4. The highest BCUT2D eigenvalue weighted by atomic mass is 32.2. The van der Waals surface area contributed by atoms with Crippen LogP contribution in [0.5, 0.6) is 0 Å². The fraction of sp³-hybridized carbons (Fsp3) is 0.462. The van der Waals surface area contributed by atoms with Crippen molar-refractivity contribution in [2.75, 3.05) is 31.0 Å². The molecule has 20 heavy (non-hydrogen) atoms. The molecule has 2 rings (SSSR count). The molecule has 0 unspecified atom stereocenters. The highest BCUT2D eigenvalue weighted by Gasteiger charge is 2.12. The van der Waals surface area contributed by atoms with Crippen LogP contribution in [0.3, 0.4) is 0 Å². The quantitative estimate of drug-likeness (QED) is 0.590. The number of aromatic amines is 1. The van der Waals surface area contributed by atoms with Crippen molar-refractivity contribution in [3.05, 3.63) is 24.0 Å². The number of sulfone groups is 1. The Hall–Kier alpha value is -1.60. The van der Waals surface area contributed by atoms with Crippen LogP contribution in [0.1, 0.15) is 12.2 Å². The predicted octanol–water partition coefficient (Wildman–Crippen LogP) is 1.14. The third-order valence-electron chi connectivity index (χ3n) is 3.01. The Morgan fingerprint density at radius 3 is 2.90 bits per heavy atom. The first-order chi connectivity index (χ1) is 9.50. The van der Waals surface area contributed by atoms with Crippen molar-refractivity contribution >= 4 is 26.6 Å². The largest absolute Gasteiger partial charge is 0.399 e. The lowest BCUT2D eigenvalue weighted by molar-refractivity contribution is 0.199.